The van der Waals surface area contributed by atoms with Gasteiger partial charge in [0.15, 0.2) is 0 Å². The first-order valence-electron chi connectivity index (χ1n) is 8.22. The molecule has 0 atom stereocenters. The molecule has 120 valence electrons. The van der Waals surface area contributed by atoms with Gasteiger partial charge in [0, 0.05) is 11.5 Å². The summed E-state index contributed by atoms with van der Waals surface area (Å²) in [6.07, 6.45) is 7.50. The Morgan fingerprint density at radius 2 is 1.71 bits per heavy atom. The van der Waals surface area contributed by atoms with E-state index in [4.69, 9.17) is 4.74 Å². The highest BCUT2D eigenvalue weighted by molar-refractivity contribution is 5.28. The van der Waals surface area contributed by atoms with E-state index in [1.54, 1.807) is 0 Å². The van der Waals surface area contributed by atoms with Crippen molar-refractivity contribution in [1.82, 2.24) is 4.98 Å². The normalized spacial score (nSPS) is 11.7. The summed E-state index contributed by atoms with van der Waals surface area (Å²) < 4.78 is 5.77. The molecule has 0 unspecified atom stereocenters. The van der Waals surface area contributed by atoms with Crippen molar-refractivity contribution < 1.29 is 9.84 Å². The highest BCUT2D eigenvalue weighted by atomic mass is 16.5. The Kier molecular flexibility index (Phi) is 7.73. The average Bonchev–Trinajstić information content (AvgIpc) is 2.45. The number of aromatic nitrogens is 1. The van der Waals surface area contributed by atoms with E-state index in [9.17, 15) is 5.11 Å². The maximum Gasteiger partial charge on any atom is 0.213 e. The molecule has 1 aromatic heterocycles. The fourth-order valence-electron chi connectivity index (χ4n) is 2.17. The van der Waals surface area contributed by atoms with Crippen LogP contribution in [0.3, 0.4) is 0 Å². The predicted octanol–water partition coefficient (Wildman–Crippen LogP) is 4.61. The molecule has 3 heteroatoms. The van der Waals surface area contributed by atoms with Gasteiger partial charge in [0.1, 0.15) is 0 Å². The fraction of sp³-hybridized carbons (Fsp3) is 0.722. The molecule has 0 saturated carbocycles. The lowest BCUT2D eigenvalue weighted by Crippen LogP contribution is -2.15. The van der Waals surface area contributed by atoms with Crippen LogP contribution in [0, 0.1) is 0 Å². The van der Waals surface area contributed by atoms with E-state index in [2.05, 4.69) is 32.7 Å². The van der Waals surface area contributed by atoms with E-state index in [0.717, 1.165) is 17.7 Å². The quantitative estimate of drug-likeness (QED) is 0.676. The lowest BCUT2D eigenvalue weighted by molar-refractivity contribution is 0.273. The van der Waals surface area contributed by atoms with E-state index in [1.165, 1.54) is 32.1 Å². The Balaban J connectivity index is 2.47. The molecular weight excluding hydrogens is 262 g/mol. The molecule has 3 nitrogen and oxygen atoms in total. The molecule has 0 spiro atoms. The number of aliphatic hydroxyl groups is 1. The van der Waals surface area contributed by atoms with Crippen LogP contribution >= 0.6 is 0 Å². The smallest absolute Gasteiger partial charge is 0.213 e. The topological polar surface area (TPSA) is 42.4 Å². The number of unbranched alkanes of at least 4 members (excludes halogenated alkanes) is 5. The molecule has 0 radical (unpaired) electrons. The minimum Gasteiger partial charge on any atom is -0.478 e. The third-order valence-electron chi connectivity index (χ3n) is 3.56. The van der Waals surface area contributed by atoms with Gasteiger partial charge in [-0.2, -0.15) is 0 Å². The van der Waals surface area contributed by atoms with Gasteiger partial charge >= 0.3 is 0 Å². The van der Waals surface area contributed by atoms with E-state index < -0.39 is 0 Å². The Bertz CT molecular complexity index is 410. The minimum absolute atomic E-state index is 0.0268. The van der Waals surface area contributed by atoms with Gasteiger partial charge in [0.05, 0.1) is 18.9 Å². The zero-order chi connectivity index (χ0) is 15.7. The van der Waals surface area contributed by atoms with Gasteiger partial charge in [0.2, 0.25) is 5.88 Å². The monoisotopic (exact) mass is 293 g/mol. The van der Waals surface area contributed by atoms with Crippen LogP contribution < -0.4 is 4.74 Å². The van der Waals surface area contributed by atoms with Crippen molar-refractivity contribution in [3.05, 3.63) is 23.4 Å². The summed E-state index contributed by atoms with van der Waals surface area (Å²) in [5.41, 5.74) is 1.79. The summed E-state index contributed by atoms with van der Waals surface area (Å²) in [5, 5.41) is 9.36. The van der Waals surface area contributed by atoms with Crippen LogP contribution in [0.25, 0.3) is 0 Å². The fourth-order valence-corrected chi connectivity index (χ4v) is 2.17. The molecule has 21 heavy (non-hydrogen) atoms. The molecule has 0 aliphatic rings. The first-order valence-corrected chi connectivity index (χ1v) is 8.22. The third kappa shape index (κ3) is 6.94. The van der Waals surface area contributed by atoms with Crippen molar-refractivity contribution in [3.8, 4) is 5.88 Å². The van der Waals surface area contributed by atoms with Crippen molar-refractivity contribution in [2.24, 2.45) is 0 Å². The summed E-state index contributed by atoms with van der Waals surface area (Å²) in [5.74, 6) is 0.639. The average molecular weight is 293 g/mol. The van der Waals surface area contributed by atoms with Crippen LogP contribution in [-0.4, -0.2) is 16.7 Å². The first kappa shape index (κ1) is 18.0. The summed E-state index contributed by atoms with van der Waals surface area (Å²) in [4.78, 5) is 4.57. The van der Waals surface area contributed by atoms with E-state index >= 15 is 0 Å². The van der Waals surface area contributed by atoms with Crippen molar-refractivity contribution in [2.75, 3.05) is 6.61 Å². The van der Waals surface area contributed by atoms with Gasteiger partial charge < -0.3 is 9.84 Å². The van der Waals surface area contributed by atoms with Crippen molar-refractivity contribution in [1.29, 1.82) is 0 Å². The second kappa shape index (κ2) is 9.04. The van der Waals surface area contributed by atoms with Crippen LogP contribution in [0.15, 0.2) is 12.1 Å². The molecule has 0 aliphatic heterocycles. The summed E-state index contributed by atoms with van der Waals surface area (Å²) in [6.45, 7) is 9.32. The largest absolute Gasteiger partial charge is 0.478 e. The predicted molar refractivity (Wildman–Crippen MR) is 87.7 cm³/mol. The van der Waals surface area contributed by atoms with E-state index in [-0.39, 0.29) is 12.0 Å². The van der Waals surface area contributed by atoms with Crippen molar-refractivity contribution >= 4 is 0 Å². The number of hydrogen-bond acceptors (Lipinski definition) is 3. The summed E-state index contributed by atoms with van der Waals surface area (Å²) in [7, 11) is 0. The van der Waals surface area contributed by atoms with Crippen molar-refractivity contribution in [2.45, 2.75) is 78.2 Å². The molecule has 0 bridgehead atoms. The first-order chi connectivity index (χ1) is 9.97. The maximum absolute atomic E-state index is 9.36. The Hall–Kier alpha value is -1.09. The summed E-state index contributed by atoms with van der Waals surface area (Å²) in [6, 6.07) is 3.80. The number of aliphatic hydroxyl groups excluding tert-OH is 1. The van der Waals surface area contributed by atoms with Gasteiger partial charge in [0.25, 0.3) is 0 Å². The molecular formula is C18H31NO2. The number of pyridine rings is 1. The van der Waals surface area contributed by atoms with Crippen LogP contribution in [-0.2, 0) is 12.0 Å². The van der Waals surface area contributed by atoms with Gasteiger partial charge in [-0.15, -0.1) is 0 Å². The molecule has 0 amide bonds. The van der Waals surface area contributed by atoms with Gasteiger partial charge in [-0.25, -0.2) is 4.98 Å². The number of nitrogens with zero attached hydrogens (tertiary/aromatic N) is 1. The molecule has 1 heterocycles. The SMILES string of the molecule is CCCCCCCCOc1cc(CO)cc(C(C)(C)C)n1. The molecule has 1 aromatic rings. The van der Waals surface area contributed by atoms with Gasteiger partial charge in [-0.05, 0) is 18.1 Å². The molecule has 1 rings (SSSR count). The highest BCUT2D eigenvalue weighted by Crippen LogP contribution is 2.24. The maximum atomic E-state index is 9.36. The number of hydrogen-bond donors (Lipinski definition) is 1. The molecule has 0 saturated heterocycles. The molecule has 0 aliphatic carbocycles. The van der Waals surface area contributed by atoms with Crippen molar-refractivity contribution in [3.63, 3.8) is 0 Å². The van der Waals surface area contributed by atoms with Crippen LogP contribution in [0.5, 0.6) is 5.88 Å². The lowest BCUT2D eigenvalue weighted by atomic mass is 9.91. The van der Waals surface area contributed by atoms with E-state index in [1.807, 2.05) is 12.1 Å². The molecule has 0 aromatic carbocycles. The van der Waals surface area contributed by atoms with Crippen LogP contribution in [0.1, 0.15) is 77.5 Å². The van der Waals surface area contributed by atoms with Gasteiger partial charge in [-0.3, -0.25) is 0 Å². The molecule has 0 fully saturated rings. The highest BCUT2D eigenvalue weighted by Gasteiger charge is 2.17. The third-order valence-corrected chi connectivity index (χ3v) is 3.56. The standard InChI is InChI=1S/C18H31NO2/c1-5-6-7-8-9-10-11-21-17-13-15(14-20)12-16(19-17)18(2,3)4/h12-13,20H,5-11,14H2,1-4H3. The van der Waals surface area contributed by atoms with Crippen LogP contribution in [0.2, 0.25) is 0 Å². The summed E-state index contributed by atoms with van der Waals surface area (Å²) >= 11 is 0. The lowest BCUT2D eigenvalue weighted by Gasteiger charge is -2.19. The second-order valence-electron chi connectivity index (χ2n) is 6.72. The number of rotatable bonds is 9. The Labute approximate surface area is 129 Å². The van der Waals surface area contributed by atoms with Gasteiger partial charge in [-0.1, -0.05) is 59.8 Å². The molecule has 1 N–H and O–H groups in total. The second-order valence-corrected chi connectivity index (χ2v) is 6.72. The zero-order valence-corrected chi connectivity index (χ0v) is 14.1. The Morgan fingerprint density at radius 3 is 2.33 bits per heavy atom. The Morgan fingerprint density at radius 1 is 1.05 bits per heavy atom. The number of ether oxygens (including phenoxy) is 1. The zero-order valence-electron chi connectivity index (χ0n) is 14.1. The van der Waals surface area contributed by atoms with Crippen LogP contribution in [0.4, 0.5) is 0 Å². The minimum atomic E-state index is -0.0383. The van der Waals surface area contributed by atoms with E-state index in [0.29, 0.717) is 12.5 Å².